The third-order valence-electron chi connectivity index (χ3n) is 4.62. The molecule has 3 rings (SSSR count). The van der Waals surface area contributed by atoms with Crippen LogP contribution in [0.2, 0.25) is 0 Å². The first kappa shape index (κ1) is 17.3. The number of hydrogen-bond acceptors (Lipinski definition) is 7. The Balaban J connectivity index is 1.86. The largest absolute Gasteiger partial charge is 0.493 e. The zero-order valence-electron chi connectivity index (χ0n) is 15.3. The maximum Gasteiger partial charge on any atom is 0.247 e. The molecule has 0 unspecified atom stereocenters. The van der Waals surface area contributed by atoms with Crippen molar-refractivity contribution in [1.29, 1.82) is 0 Å². The summed E-state index contributed by atoms with van der Waals surface area (Å²) < 4.78 is 10.8. The van der Waals surface area contributed by atoms with Gasteiger partial charge in [0.1, 0.15) is 0 Å². The van der Waals surface area contributed by atoms with Gasteiger partial charge in [0.25, 0.3) is 0 Å². The average molecular weight is 343 g/mol. The molecule has 2 aromatic rings. The number of hydrogen-bond donors (Lipinski definition) is 0. The molecule has 134 valence electrons. The van der Waals surface area contributed by atoms with Crippen molar-refractivity contribution in [1.82, 2.24) is 15.2 Å². The molecule has 0 amide bonds. The van der Waals surface area contributed by atoms with Gasteiger partial charge in [-0.25, -0.2) is 0 Å². The lowest BCUT2D eigenvalue weighted by Crippen LogP contribution is -2.32. The van der Waals surface area contributed by atoms with E-state index in [1.165, 1.54) is 11.1 Å². The number of aromatic nitrogens is 3. The minimum Gasteiger partial charge on any atom is -0.493 e. The highest BCUT2D eigenvalue weighted by Crippen LogP contribution is 2.34. The molecular weight excluding hydrogens is 318 g/mol. The quantitative estimate of drug-likeness (QED) is 0.797. The summed E-state index contributed by atoms with van der Waals surface area (Å²) in [5.41, 5.74) is 2.52. The van der Waals surface area contributed by atoms with E-state index in [2.05, 4.69) is 46.0 Å². The highest BCUT2D eigenvalue weighted by molar-refractivity contribution is 5.52. The van der Waals surface area contributed by atoms with Crippen LogP contribution < -0.4 is 19.3 Å². The van der Waals surface area contributed by atoms with Crippen molar-refractivity contribution < 1.29 is 9.47 Å². The van der Waals surface area contributed by atoms with Crippen LogP contribution in [0.4, 0.5) is 11.8 Å². The number of nitrogens with zero attached hydrogens (tertiary/aromatic N) is 5. The van der Waals surface area contributed by atoms with Gasteiger partial charge in [-0.1, -0.05) is 0 Å². The van der Waals surface area contributed by atoms with Crippen molar-refractivity contribution in [3.63, 3.8) is 0 Å². The molecule has 1 aliphatic heterocycles. The molecule has 7 nitrogen and oxygen atoms in total. The van der Waals surface area contributed by atoms with Gasteiger partial charge in [-0.3, -0.25) is 0 Å². The van der Waals surface area contributed by atoms with Crippen LogP contribution in [0.25, 0.3) is 0 Å². The Morgan fingerprint density at radius 1 is 1.08 bits per heavy atom. The second kappa shape index (κ2) is 7.55. The number of ether oxygens (including phenoxy) is 2. The summed E-state index contributed by atoms with van der Waals surface area (Å²) in [6.07, 6.45) is 2.67. The molecule has 1 aromatic carbocycles. The van der Waals surface area contributed by atoms with Crippen LogP contribution in [0, 0.1) is 0 Å². The Kier molecular flexibility index (Phi) is 5.21. The molecule has 0 saturated carbocycles. The van der Waals surface area contributed by atoms with E-state index in [4.69, 9.17) is 14.5 Å². The maximum absolute atomic E-state index is 5.43. The zero-order chi connectivity index (χ0) is 17.8. The van der Waals surface area contributed by atoms with Crippen LogP contribution in [0.15, 0.2) is 18.3 Å². The van der Waals surface area contributed by atoms with E-state index in [0.29, 0.717) is 5.95 Å². The Morgan fingerprint density at radius 3 is 2.40 bits per heavy atom. The van der Waals surface area contributed by atoms with Gasteiger partial charge in [-0.05, 0) is 43.5 Å². The van der Waals surface area contributed by atoms with Crippen molar-refractivity contribution in [2.75, 3.05) is 43.7 Å². The van der Waals surface area contributed by atoms with Gasteiger partial charge in [0.15, 0.2) is 17.3 Å². The third kappa shape index (κ3) is 3.45. The van der Waals surface area contributed by atoms with Crippen LogP contribution in [0.5, 0.6) is 11.5 Å². The Labute approximate surface area is 148 Å². The molecule has 0 radical (unpaired) electrons. The van der Waals surface area contributed by atoms with Crippen molar-refractivity contribution in [3.8, 4) is 11.5 Å². The van der Waals surface area contributed by atoms with Crippen LogP contribution in [0.3, 0.4) is 0 Å². The van der Waals surface area contributed by atoms with E-state index < -0.39 is 0 Å². The van der Waals surface area contributed by atoms with Gasteiger partial charge >= 0.3 is 0 Å². The van der Waals surface area contributed by atoms with Gasteiger partial charge in [-0.2, -0.15) is 10.1 Å². The predicted molar refractivity (Wildman–Crippen MR) is 97.7 cm³/mol. The van der Waals surface area contributed by atoms with Gasteiger partial charge in [-0.15, -0.1) is 5.10 Å². The summed E-state index contributed by atoms with van der Waals surface area (Å²) in [6.45, 7) is 7.57. The van der Waals surface area contributed by atoms with Crippen LogP contribution in [-0.4, -0.2) is 49.0 Å². The predicted octanol–water partition coefficient (Wildman–Crippen LogP) is 2.30. The minimum atomic E-state index is 0.681. The fourth-order valence-electron chi connectivity index (χ4n) is 3.16. The standard InChI is InChI=1S/C18H25N5O2/c1-5-22(6-2)18-20-17(11-19-21-18)23-8-7-13-9-15(24-3)16(25-4)10-14(13)12-23/h9-11H,5-8,12H2,1-4H3. The summed E-state index contributed by atoms with van der Waals surface area (Å²) in [5.74, 6) is 3.08. The SMILES string of the molecule is CCN(CC)c1nncc(N2CCc3cc(OC)c(OC)cc3C2)n1. The minimum absolute atomic E-state index is 0.681. The third-order valence-corrected chi connectivity index (χ3v) is 4.62. The lowest BCUT2D eigenvalue weighted by Gasteiger charge is -2.30. The molecule has 25 heavy (non-hydrogen) atoms. The summed E-state index contributed by atoms with van der Waals surface area (Å²) in [4.78, 5) is 9.04. The Bertz CT molecular complexity index is 733. The summed E-state index contributed by atoms with van der Waals surface area (Å²) >= 11 is 0. The van der Waals surface area contributed by atoms with Crippen molar-refractivity contribution >= 4 is 11.8 Å². The monoisotopic (exact) mass is 343 g/mol. The zero-order valence-corrected chi connectivity index (χ0v) is 15.3. The van der Waals surface area contributed by atoms with Gasteiger partial charge in [0.05, 0.1) is 20.4 Å². The fraction of sp³-hybridized carbons (Fsp3) is 0.500. The van der Waals surface area contributed by atoms with E-state index in [1.807, 2.05) is 0 Å². The molecule has 7 heteroatoms. The van der Waals surface area contributed by atoms with E-state index in [9.17, 15) is 0 Å². The van der Waals surface area contributed by atoms with Crippen LogP contribution in [-0.2, 0) is 13.0 Å². The molecule has 2 heterocycles. The highest BCUT2D eigenvalue weighted by atomic mass is 16.5. The summed E-state index contributed by atoms with van der Waals surface area (Å²) in [6, 6.07) is 4.13. The van der Waals surface area contributed by atoms with E-state index in [-0.39, 0.29) is 0 Å². The smallest absolute Gasteiger partial charge is 0.247 e. The maximum atomic E-state index is 5.43. The van der Waals surface area contributed by atoms with Crippen LogP contribution >= 0.6 is 0 Å². The molecule has 0 atom stereocenters. The van der Waals surface area contributed by atoms with Gasteiger partial charge in [0, 0.05) is 26.2 Å². The molecule has 0 spiro atoms. The Morgan fingerprint density at radius 2 is 1.76 bits per heavy atom. The normalized spacial score (nSPS) is 13.4. The highest BCUT2D eigenvalue weighted by Gasteiger charge is 2.21. The first-order valence-corrected chi connectivity index (χ1v) is 8.63. The van der Waals surface area contributed by atoms with Gasteiger partial charge < -0.3 is 19.3 Å². The Hall–Kier alpha value is -2.57. The lowest BCUT2D eigenvalue weighted by atomic mass is 9.99. The van der Waals surface area contributed by atoms with E-state index in [1.54, 1.807) is 20.4 Å². The molecule has 0 bridgehead atoms. The summed E-state index contributed by atoms with van der Waals surface area (Å²) in [5, 5.41) is 8.33. The van der Waals surface area contributed by atoms with Crippen LogP contribution in [0.1, 0.15) is 25.0 Å². The first-order chi connectivity index (χ1) is 12.2. The number of methoxy groups -OCH3 is 2. The average Bonchev–Trinajstić information content (AvgIpc) is 2.67. The molecule has 0 aliphatic carbocycles. The number of rotatable bonds is 6. The first-order valence-electron chi connectivity index (χ1n) is 8.63. The molecule has 0 saturated heterocycles. The molecule has 1 aromatic heterocycles. The molecular formula is C18H25N5O2. The van der Waals surface area contributed by atoms with E-state index >= 15 is 0 Å². The molecule has 1 aliphatic rings. The van der Waals surface area contributed by atoms with Crippen molar-refractivity contribution in [2.45, 2.75) is 26.8 Å². The number of benzene rings is 1. The number of fused-ring (bicyclic) bond motifs is 1. The number of anilines is 2. The van der Waals surface area contributed by atoms with Crippen molar-refractivity contribution in [2.24, 2.45) is 0 Å². The fourth-order valence-corrected chi connectivity index (χ4v) is 3.16. The second-order valence-electron chi connectivity index (χ2n) is 5.93. The van der Waals surface area contributed by atoms with E-state index in [0.717, 1.165) is 49.9 Å². The van der Waals surface area contributed by atoms with Crippen molar-refractivity contribution in [3.05, 3.63) is 29.5 Å². The van der Waals surface area contributed by atoms with Gasteiger partial charge in [0.2, 0.25) is 5.95 Å². The topological polar surface area (TPSA) is 63.6 Å². The lowest BCUT2D eigenvalue weighted by molar-refractivity contribution is 0.353. The molecule has 0 fully saturated rings. The summed E-state index contributed by atoms with van der Waals surface area (Å²) in [7, 11) is 3.33. The second-order valence-corrected chi connectivity index (χ2v) is 5.93. The molecule has 0 N–H and O–H groups in total.